The van der Waals surface area contributed by atoms with Crippen molar-refractivity contribution in [3.8, 4) is 11.4 Å². The Morgan fingerprint density at radius 3 is 2.62 bits per heavy atom. The van der Waals surface area contributed by atoms with Gasteiger partial charge in [-0.25, -0.2) is 4.98 Å². The van der Waals surface area contributed by atoms with Gasteiger partial charge < -0.3 is 10.3 Å². The maximum atomic E-state index is 6.32. The van der Waals surface area contributed by atoms with Crippen LogP contribution in [0.3, 0.4) is 0 Å². The van der Waals surface area contributed by atoms with E-state index in [9.17, 15) is 0 Å². The van der Waals surface area contributed by atoms with Crippen molar-refractivity contribution in [1.29, 1.82) is 0 Å². The molecule has 0 saturated heterocycles. The molecule has 1 aromatic heterocycles. The molecule has 2 aromatic carbocycles. The van der Waals surface area contributed by atoms with Gasteiger partial charge in [-0.3, -0.25) is 0 Å². The molecule has 3 rings (SSSR count). The minimum absolute atomic E-state index is 0.693. The quantitative estimate of drug-likeness (QED) is 0.738. The first-order valence-electron chi connectivity index (χ1n) is 6.75. The number of aryl methyl sites for hydroxylation is 1. The number of nitrogen functional groups attached to an aromatic ring is 1. The van der Waals surface area contributed by atoms with Gasteiger partial charge in [-0.15, -0.1) is 0 Å². The molecule has 2 N–H and O–H groups in total. The van der Waals surface area contributed by atoms with Crippen molar-refractivity contribution < 1.29 is 0 Å². The molecular formula is C17H16ClN3. The topological polar surface area (TPSA) is 43.8 Å². The normalized spacial score (nSPS) is 10.8. The van der Waals surface area contributed by atoms with Crippen LogP contribution in [-0.2, 0) is 6.54 Å². The maximum absolute atomic E-state index is 6.32. The van der Waals surface area contributed by atoms with Crippen LogP contribution in [0.5, 0.6) is 0 Å². The van der Waals surface area contributed by atoms with Crippen LogP contribution in [0.2, 0.25) is 5.02 Å². The predicted molar refractivity (Wildman–Crippen MR) is 87.4 cm³/mol. The van der Waals surface area contributed by atoms with Gasteiger partial charge in [0.2, 0.25) is 0 Å². The van der Waals surface area contributed by atoms with E-state index in [0.717, 1.165) is 33.2 Å². The number of hydrogen-bond acceptors (Lipinski definition) is 2. The Morgan fingerprint density at radius 2 is 1.90 bits per heavy atom. The van der Waals surface area contributed by atoms with Crippen LogP contribution < -0.4 is 5.73 Å². The van der Waals surface area contributed by atoms with E-state index in [1.807, 2.05) is 43.5 Å². The highest BCUT2D eigenvalue weighted by Crippen LogP contribution is 2.23. The van der Waals surface area contributed by atoms with E-state index in [1.54, 1.807) is 6.20 Å². The summed E-state index contributed by atoms with van der Waals surface area (Å²) in [5.41, 5.74) is 9.76. The van der Waals surface area contributed by atoms with Crippen LogP contribution in [-0.4, -0.2) is 9.55 Å². The lowest BCUT2D eigenvalue weighted by Crippen LogP contribution is -2.02. The van der Waals surface area contributed by atoms with Crippen molar-refractivity contribution in [2.24, 2.45) is 0 Å². The van der Waals surface area contributed by atoms with E-state index >= 15 is 0 Å². The van der Waals surface area contributed by atoms with Crippen molar-refractivity contribution in [2.45, 2.75) is 13.5 Å². The van der Waals surface area contributed by atoms with E-state index in [-0.39, 0.29) is 0 Å². The summed E-state index contributed by atoms with van der Waals surface area (Å²) in [5.74, 6) is 0.909. The molecule has 0 amide bonds. The summed E-state index contributed by atoms with van der Waals surface area (Å²) in [5, 5.41) is 0.784. The van der Waals surface area contributed by atoms with E-state index in [1.165, 1.54) is 0 Å². The summed E-state index contributed by atoms with van der Waals surface area (Å²) in [4.78, 5) is 4.44. The highest BCUT2D eigenvalue weighted by Gasteiger charge is 2.08. The second-order valence-electron chi connectivity index (χ2n) is 5.10. The summed E-state index contributed by atoms with van der Waals surface area (Å²) in [7, 11) is 0. The molecule has 0 saturated carbocycles. The lowest BCUT2D eigenvalue weighted by atomic mass is 10.1. The van der Waals surface area contributed by atoms with Gasteiger partial charge in [0.05, 0.1) is 6.54 Å². The van der Waals surface area contributed by atoms with Crippen LogP contribution in [0.15, 0.2) is 54.9 Å². The Bertz CT molecular complexity index is 760. The Hall–Kier alpha value is -2.26. The number of nitrogens with two attached hydrogens (primary N) is 1. The summed E-state index contributed by atoms with van der Waals surface area (Å²) >= 11 is 6.32. The largest absolute Gasteiger partial charge is 0.399 e. The van der Waals surface area contributed by atoms with Crippen LogP contribution in [0.1, 0.15) is 11.1 Å². The van der Waals surface area contributed by atoms with Gasteiger partial charge >= 0.3 is 0 Å². The third-order valence-electron chi connectivity index (χ3n) is 3.43. The van der Waals surface area contributed by atoms with Crippen molar-refractivity contribution in [2.75, 3.05) is 5.73 Å². The molecular weight excluding hydrogens is 282 g/mol. The second kappa shape index (κ2) is 5.62. The van der Waals surface area contributed by atoms with Crippen LogP contribution in [0.4, 0.5) is 5.69 Å². The molecule has 0 radical (unpaired) electrons. The molecule has 3 aromatic rings. The number of aromatic nitrogens is 2. The van der Waals surface area contributed by atoms with Crippen LogP contribution in [0.25, 0.3) is 11.4 Å². The number of rotatable bonds is 3. The van der Waals surface area contributed by atoms with Gasteiger partial charge in [0, 0.05) is 28.7 Å². The highest BCUT2D eigenvalue weighted by molar-refractivity contribution is 6.31. The third-order valence-corrected chi connectivity index (χ3v) is 3.79. The van der Waals surface area contributed by atoms with Gasteiger partial charge in [0.15, 0.2) is 0 Å². The van der Waals surface area contributed by atoms with Crippen molar-refractivity contribution in [3.63, 3.8) is 0 Å². The summed E-state index contributed by atoms with van der Waals surface area (Å²) in [6.45, 7) is 2.73. The van der Waals surface area contributed by atoms with Gasteiger partial charge in [-0.05, 0) is 48.4 Å². The molecule has 0 spiro atoms. The zero-order valence-corrected chi connectivity index (χ0v) is 12.5. The zero-order valence-electron chi connectivity index (χ0n) is 11.8. The number of anilines is 1. The highest BCUT2D eigenvalue weighted by atomic mass is 35.5. The van der Waals surface area contributed by atoms with Crippen molar-refractivity contribution in [3.05, 3.63) is 71.0 Å². The third kappa shape index (κ3) is 2.93. The summed E-state index contributed by atoms with van der Waals surface area (Å²) in [6, 6.07) is 13.8. The Morgan fingerprint density at radius 1 is 1.14 bits per heavy atom. The average molecular weight is 298 g/mol. The molecule has 3 nitrogen and oxygen atoms in total. The minimum atomic E-state index is 0.693. The zero-order chi connectivity index (χ0) is 14.8. The second-order valence-corrected chi connectivity index (χ2v) is 5.50. The molecule has 21 heavy (non-hydrogen) atoms. The number of benzene rings is 2. The number of imidazole rings is 1. The Kier molecular flexibility index (Phi) is 3.67. The molecule has 0 unspecified atom stereocenters. The predicted octanol–water partition coefficient (Wildman–Crippen LogP) is 4.14. The van der Waals surface area contributed by atoms with Crippen LogP contribution >= 0.6 is 11.6 Å². The molecule has 0 aliphatic rings. The summed E-state index contributed by atoms with van der Waals surface area (Å²) in [6.07, 6.45) is 3.76. The monoisotopic (exact) mass is 297 g/mol. The fourth-order valence-corrected chi connectivity index (χ4v) is 2.59. The first-order chi connectivity index (χ1) is 10.1. The fraction of sp³-hybridized carbons (Fsp3) is 0.118. The van der Waals surface area contributed by atoms with E-state index in [4.69, 9.17) is 17.3 Å². The van der Waals surface area contributed by atoms with Gasteiger partial charge in [0.25, 0.3) is 0 Å². The van der Waals surface area contributed by atoms with Crippen LogP contribution in [0, 0.1) is 6.92 Å². The lowest BCUT2D eigenvalue weighted by Gasteiger charge is -2.10. The van der Waals surface area contributed by atoms with Gasteiger partial charge in [-0.1, -0.05) is 23.7 Å². The number of hydrogen-bond donors (Lipinski definition) is 1. The average Bonchev–Trinajstić information content (AvgIpc) is 2.91. The van der Waals surface area contributed by atoms with Gasteiger partial charge in [0.1, 0.15) is 5.82 Å². The molecule has 106 valence electrons. The molecule has 4 heteroatoms. The molecule has 0 aliphatic carbocycles. The molecule has 0 fully saturated rings. The number of halogens is 1. The Balaban J connectivity index is 1.94. The lowest BCUT2D eigenvalue weighted by molar-refractivity contribution is 0.807. The van der Waals surface area contributed by atoms with Crippen molar-refractivity contribution >= 4 is 17.3 Å². The first-order valence-corrected chi connectivity index (χ1v) is 7.13. The molecule has 0 bridgehead atoms. The Labute approximate surface area is 129 Å². The van der Waals surface area contributed by atoms with E-state index < -0.39 is 0 Å². The van der Waals surface area contributed by atoms with E-state index in [2.05, 4.69) is 21.7 Å². The minimum Gasteiger partial charge on any atom is -0.399 e. The standard InChI is InChI=1S/C17H16ClN3/c1-12-2-3-14(16(18)10-12)11-21-9-8-20-17(21)13-4-6-15(19)7-5-13/h2-10H,11,19H2,1H3. The van der Waals surface area contributed by atoms with E-state index in [0.29, 0.717) is 6.54 Å². The molecule has 0 aliphatic heterocycles. The number of nitrogens with zero attached hydrogens (tertiary/aromatic N) is 2. The fourth-order valence-electron chi connectivity index (χ4n) is 2.29. The SMILES string of the molecule is Cc1ccc(Cn2ccnc2-c2ccc(N)cc2)c(Cl)c1. The smallest absolute Gasteiger partial charge is 0.140 e. The maximum Gasteiger partial charge on any atom is 0.140 e. The molecule has 1 heterocycles. The summed E-state index contributed by atoms with van der Waals surface area (Å²) < 4.78 is 2.09. The first kappa shape index (κ1) is 13.7. The molecule has 0 atom stereocenters. The van der Waals surface area contributed by atoms with Crippen molar-refractivity contribution in [1.82, 2.24) is 9.55 Å². The van der Waals surface area contributed by atoms with Gasteiger partial charge in [-0.2, -0.15) is 0 Å².